The molecule has 0 saturated heterocycles. The highest BCUT2D eigenvalue weighted by atomic mass is 16.5. The first-order valence-corrected chi connectivity index (χ1v) is 7.79. The topological polar surface area (TPSA) is 49.9 Å². The highest BCUT2D eigenvalue weighted by Crippen LogP contribution is 2.31. The van der Waals surface area contributed by atoms with E-state index in [4.69, 9.17) is 4.74 Å². The van der Waals surface area contributed by atoms with Gasteiger partial charge in [-0.25, -0.2) is 0 Å². The number of nitrogens with one attached hydrogen (secondary N) is 2. The van der Waals surface area contributed by atoms with Crippen LogP contribution in [0.3, 0.4) is 0 Å². The molecule has 4 aromatic rings. The average molecular weight is 315 g/mol. The number of methoxy groups -OCH3 is 1. The number of rotatable bonds is 4. The number of H-pyrrole nitrogens is 1. The van der Waals surface area contributed by atoms with Crippen molar-refractivity contribution in [2.45, 2.75) is 0 Å². The van der Waals surface area contributed by atoms with Gasteiger partial charge in [0.2, 0.25) is 0 Å². The van der Waals surface area contributed by atoms with Gasteiger partial charge in [-0.15, -0.1) is 0 Å². The van der Waals surface area contributed by atoms with E-state index in [0.29, 0.717) is 0 Å². The Kier molecular flexibility index (Phi) is 3.63. The number of nitrogens with zero attached hydrogens (tertiary/aromatic N) is 1. The molecule has 4 nitrogen and oxygen atoms in total. The van der Waals surface area contributed by atoms with Crippen LogP contribution in [-0.4, -0.2) is 17.3 Å². The minimum Gasteiger partial charge on any atom is -0.495 e. The second-order valence-corrected chi connectivity index (χ2v) is 5.52. The van der Waals surface area contributed by atoms with Crippen molar-refractivity contribution >= 4 is 22.3 Å². The molecule has 4 heteroatoms. The second-order valence-electron chi connectivity index (χ2n) is 5.52. The molecule has 0 radical (unpaired) electrons. The summed E-state index contributed by atoms with van der Waals surface area (Å²) < 4.78 is 5.38. The molecule has 0 saturated carbocycles. The Balaban J connectivity index is 1.70. The van der Waals surface area contributed by atoms with E-state index >= 15 is 0 Å². The number of para-hydroxylation sites is 2. The van der Waals surface area contributed by atoms with Gasteiger partial charge in [-0.05, 0) is 30.3 Å². The minimum atomic E-state index is 0.812. The summed E-state index contributed by atoms with van der Waals surface area (Å²) in [5.74, 6) is 0.812. The monoisotopic (exact) mass is 315 g/mol. The van der Waals surface area contributed by atoms with Crippen LogP contribution in [0.1, 0.15) is 0 Å². The molecule has 0 unspecified atom stereocenters. The summed E-state index contributed by atoms with van der Waals surface area (Å²) in [4.78, 5) is 0. The fourth-order valence-electron chi connectivity index (χ4n) is 2.82. The Morgan fingerprint density at radius 2 is 1.71 bits per heavy atom. The number of fused-ring (bicyclic) bond motifs is 1. The smallest absolute Gasteiger partial charge is 0.142 e. The number of ether oxygens (including phenoxy) is 1. The van der Waals surface area contributed by atoms with Crippen LogP contribution in [0.25, 0.3) is 22.2 Å². The van der Waals surface area contributed by atoms with Crippen molar-refractivity contribution in [1.82, 2.24) is 10.2 Å². The number of aromatic nitrogens is 2. The van der Waals surface area contributed by atoms with E-state index in [-0.39, 0.29) is 0 Å². The van der Waals surface area contributed by atoms with Crippen LogP contribution in [0.2, 0.25) is 0 Å². The van der Waals surface area contributed by atoms with Gasteiger partial charge in [0.15, 0.2) is 0 Å². The minimum absolute atomic E-state index is 0.812. The van der Waals surface area contributed by atoms with Crippen molar-refractivity contribution in [3.8, 4) is 17.0 Å². The zero-order chi connectivity index (χ0) is 16.4. The van der Waals surface area contributed by atoms with Crippen LogP contribution in [-0.2, 0) is 0 Å². The fourth-order valence-corrected chi connectivity index (χ4v) is 2.82. The zero-order valence-electron chi connectivity index (χ0n) is 13.3. The molecule has 0 aliphatic rings. The number of hydrogen-bond acceptors (Lipinski definition) is 3. The van der Waals surface area contributed by atoms with E-state index in [1.165, 1.54) is 0 Å². The summed E-state index contributed by atoms with van der Waals surface area (Å²) in [5.41, 5.74) is 4.98. The van der Waals surface area contributed by atoms with E-state index in [1.54, 1.807) is 7.11 Å². The molecule has 4 rings (SSSR count). The van der Waals surface area contributed by atoms with Crippen molar-refractivity contribution < 1.29 is 4.74 Å². The third-order valence-electron chi connectivity index (χ3n) is 4.00. The van der Waals surface area contributed by atoms with Gasteiger partial charge in [0.25, 0.3) is 0 Å². The molecule has 0 bridgehead atoms. The predicted octanol–water partition coefficient (Wildman–Crippen LogP) is 4.98. The lowest BCUT2D eigenvalue weighted by Gasteiger charge is -2.10. The number of aromatic amines is 1. The molecule has 2 N–H and O–H groups in total. The predicted molar refractivity (Wildman–Crippen MR) is 97.8 cm³/mol. The Morgan fingerprint density at radius 1 is 0.917 bits per heavy atom. The maximum absolute atomic E-state index is 5.38. The third-order valence-corrected chi connectivity index (χ3v) is 4.00. The second kappa shape index (κ2) is 6.08. The lowest BCUT2D eigenvalue weighted by Crippen LogP contribution is -1.94. The lowest BCUT2D eigenvalue weighted by molar-refractivity contribution is 0.417. The number of hydrogen-bond donors (Lipinski definition) is 2. The molecule has 24 heavy (non-hydrogen) atoms. The summed E-state index contributed by atoms with van der Waals surface area (Å²) in [7, 11) is 1.67. The van der Waals surface area contributed by atoms with E-state index in [9.17, 15) is 0 Å². The first kappa shape index (κ1) is 14.3. The maximum atomic E-state index is 5.38. The first-order chi connectivity index (χ1) is 11.8. The van der Waals surface area contributed by atoms with Crippen molar-refractivity contribution in [3.05, 3.63) is 72.8 Å². The Hall–Kier alpha value is -3.27. The van der Waals surface area contributed by atoms with Crippen molar-refractivity contribution in [1.29, 1.82) is 0 Å². The highest BCUT2D eigenvalue weighted by molar-refractivity contribution is 5.94. The number of benzene rings is 3. The van der Waals surface area contributed by atoms with E-state index < -0.39 is 0 Å². The van der Waals surface area contributed by atoms with Gasteiger partial charge in [-0.2, -0.15) is 5.10 Å². The van der Waals surface area contributed by atoms with Crippen LogP contribution in [0.15, 0.2) is 72.8 Å². The van der Waals surface area contributed by atoms with Crippen LogP contribution in [0.5, 0.6) is 5.75 Å². The molecule has 0 spiro atoms. The van der Waals surface area contributed by atoms with Crippen molar-refractivity contribution in [2.24, 2.45) is 0 Å². The Labute approximate surface area is 140 Å². The number of anilines is 2. The van der Waals surface area contributed by atoms with Gasteiger partial charge in [-0.3, -0.25) is 5.10 Å². The Bertz CT molecular complexity index is 977. The summed E-state index contributed by atoms with van der Waals surface area (Å²) in [5, 5.41) is 12.1. The SMILES string of the molecule is COc1ccccc1Nc1ccc2c(-c3ccccc3)n[nH]c2c1. The molecule has 118 valence electrons. The van der Waals surface area contributed by atoms with Gasteiger partial charge in [-0.1, -0.05) is 42.5 Å². The van der Waals surface area contributed by atoms with Gasteiger partial charge in [0.05, 0.1) is 24.0 Å². The quantitative estimate of drug-likeness (QED) is 0.558. The zero-order valence-corrected chi connectivity index (χ0v) is 13.3. The molecule has 0 atom stereocenters. The van der Waals surface area contributed by atoms with Crippen LogP contribution < -0.4 is 10.1 Å². The summed E-state index contributed by atoms with van der Waals surface area (Å²) in [6, 6.07) is 24.2. The van der Waals surface area contributed by atoms with Gasteiger partial charge < -0.3 is 10.1 Å². The molecule has 0 aliphatic heterocycles. The average Bonchev–Trinajstić information content (AvgIpc) is 3.06. The van der Waals surface area contributed by atoms with Gasteiger partial charge in [0.1, 0.15) is 5.75 Å². The maximum Gasteiger partial charge on any atom is 0.142 e. The molecule has 0 aliphatic carbocycles. The largest absolute Gasteiger partial charge is 0.495 e. The normalized spacial score (nSPS) is 10.7. The van der Waals surface area contributed by atoms with E-state index in [0.717, 1.165) is 39.3 Å². The molecular formula is C20H17N3O. The molecular weight excluding hydrogens is 298 g/mol. The molecule has 1 aromatic heterocycles. The lowest BCUT2D eigenvalue weighted by atomic mass is 10.1. The van der Waals surface area contributed by atoms with E-state index in [2.05, 4.69) is 45.8 Å². The van der Waals surface area contributed by atoms with Crippen molar-refractivity contribution in [2.75, 3.05) is 12.4 Å². The van der Waals surface area contributed by atoms with Crippen LogP contribution >= 0.6 is 0 Å². The fraction of sp³-hybridized carbons (Fsp3) is 0.0500. The van der Waals surface area contributed by atoms with Gasteiger partial charge in [0, 0.05) is 16.6 Å². The highest BCUT2D eigenvalue weighted by Gasteiger charge is 2.09. The molecule has 1 heterocycles. The molecule has 0 fully saturated rings. The first-order valence-electron chi connectivity index (χ1n) is 7.79. The molecule has 3 aromatic carbocycles. The standard InChI is InChI=1S/C20H17N3O/c1-24-19-10-6-5-9-17(19)21-15-11-12-16-18(13-15)22-23-20(16)14-7-3-2-4-8-14/h2-13,21H,1H3,(H,22,23). The van der Waals surface area contributed by atoms with Crippen LogP contribution in [0, 0.1) is 0 Å². The van der Waals surface area contributed by atoms with Crippen LogP contribution in [0.4, 0.5) is 11.4 Å². The summed E-state index contributed by atoms with van der Waals surface area (Å²) in [6.07, 6.45) is 0. The summed E-state index contributed by atoms with van der Waals surface area (Å²) >= 11 is 0. The third kappa shape index (κ3) is 2.58. The summed E-state index contributed by atoms with van der Waals surface area (Å²) in [6.45, 7) is 0. The van der Waals surface area contributed by atoms with Crippen molar-refractivity contribution in [3.63, 3.8) is 0 Å². The Morgan fingerprint density at radius 3 is 2.54 bits per heavy atom. The molecule has 0 amide bonds. The van der Waals surface area contributed by atoms with E-state index in [1.807, 2.05) is 42.5 Å². The van der Waals surface area contributed by atoms with Gasteiger partial charge >= 0.3 is 0 Å².